The minimum atomic E-state index is -0.812. The van der Waals surface area contributed by atoms with Gasteiger partial charge < -0.3 is 19.1 Å². The second-order valence-electron chi connectivity index (χ2n) is 7.06. The van der Waals surface area contributed by atoms with E-state index in [4.69, 9.17) is 13.6 Å². The number of esters is 1. The summed E-state index contributed by atoms with van der Waals surface area (Å²) in [4.78, 5) is 26.0. The first-order valence-electron chi connectivity index (χ1n) is 9.22. The third-order valence-electron chi connectivity index (χ3n) is 3.84. The molecule has 0 atom stereocenters. The van der Waals surface area contributed by atoms with Crippen LogP contribution in [0.2, 0.25) is 13.1 Å². The molecule has 1 rings (SSSR count). The van der Waals surface area contributed by atoms with E-state index in [1.54, 1.807) is 6.08 Å². The van der Waals surface area contributed by atoms with Gasteiger partial charge in [-0.15, -0.1) is 0 Å². The summed E-state index contributed by atoms with van der Waals surface area (Å²) < 4.78 is 16.6. The van der Waals surface area contributed by atoms with Crippen molar-refractivity contribution < 1.29 is 28.1 Å². The maximum absolute atomic E-state index is 12.6. The SMILES string of the molecule is C[SiH2]OC(C=C(C(=[N+]=[N-])C(=O)OCc1ccc([N+](=O)[O-])cc1)C(C)(C)C)O[SiH2]C. The third-order valence-corrected chi connectivity index (χ3v) is 5.16. The van der Waals surface area contributed by atoms with Crippen LogP contribution in [0.5, 0.6) is 0 Å². The second kappa shape index (κ2) is 11.5. The van der Waals surface area contributed by atoms with E-state index in [0.717, 1.165) is 0 Å². The lowest BCUT2D eigenvalue weighted by atomic mass is 9.83. The van der Waals surface area contributed by atoms with Crippen LogP contribution in [0.3, 0.4) is 0 Å². The monoisotopic (exact) mass is 437 g/mol. The Morgan fingerprint density at radius 1 is 1.24 bits per heavy atom. The Morgan fingerprint density at radius 2 is 1.79 bits per heavy atom. The highest BCUT2D eigenvalue weighted by Crippen LogP contribution is 2.27. The summed E-state index contributed by atoms with van der Waals surface area (Å²) in [7, 11) is -1.52. The normalized spacial score (nSPS) is 13.6. The molecule has 0 fully saturated rings. The Hall–Kier alpha value is -2.44. The molecular weight excluding hydrogens is 410 g/mol. The first-order chi connectivity index (χ1) is 13.6. The fourth-order valence-electron chi connectivity index (χ4n) is 2.43. The molecule has 0 spiro atoms. The van der Waals surface area contributed by atoms with Crippen LogP contribution in [0, 0.1) is 15.5 Å². The predicted molar refractivity (Wildman–Crippen MR) is 114 cm³/mol. The van der Waals surface area contributed by atoms with Crippen molar-refractivity contribution >= 4 is 36.9 Å². The molecule has 158 valence electrons. The highest BCUT2D eigenvalue weighted by molar-refractivity contribution is 6.41. The zero-order valence-electron chi connectivity index (χ0n) is 17.4. The summed E-state index contributed by atoms with van der Waals surface area (Å²) >= 11 is 0. The predicted octanol–water partition coefficient (Wildman–Crippen LogP) is 1.90. The van der Waals surface area contributed by atoms with Crippen molar-refractivity contribution in [2.75, 3.05) is 0 Å². The quantitative estimate of drug-likeness (QED) is 0.0805. The number of ether oxygens (including phenoxy) is 1. The lowest BCUT2D eigenvalue weighted by Gasteiger charge is -2.22. The largest absolute Gasteiger partial charge is 0.452 e. The Bertz CT molecular complexity index is 793. The first-order valence-corrected chi connectivity index (χ1v) is 13.2. The van der Waals surface area contributed by atoms with Gasteiger partial charge in [-0.05, 0) is 29.2 Å². The van der Waals surface area contributed by atoms with E-state index in [1.807, 2.05) is 33.9 Å². The van der Waals surface area contributed by atoms with Crippen molar-refractivity contribution in [1.82, 2.24) is 0 Å². The molecule has 0 aliphatic carbocycles. The number of nitro groups is 1. The number of nitro benzene ring substituents is 1. The van der Waals surface area contributed by atoms with Crippen molar-refractivity contribution in [3.8, 4) is 0 Å². The van der Waals surface area contributed by atoms with E-state index < -0.39 is 42.1 Å². The summed E-state index contributed by atoms with van der Waals surface area (Å²) in [6.45, 7) is 9.44. The van der Waals surface area contributed by atoms with E-state index in [9.17, 15) is 20.4 Å². The number of carbonyl (C=O) groups is 1. The lowest BCUT2D eigenvalue weighted by molar-refractivity contribution is -0.384. The maximum Gasteiger partial charge on any atom is 0.422 e. The van der Waals surface area contributed by atoms with Crippen LogP contribution in [-0.4, -0.2) is 47.2 Å². The molecule has 0 aliphatic rings. The Labute approximate surface area is 174 Å². The molecule has 0 saturated heterocycles. The van der Waals surface area contributed by atoms with Gasteiger partial charge in [-0.2, -0.15) is 4.79 Å². The Kier molecular flexibility index (Phi) is 9.79. The smallest absolute Gasteiger partial charge is 0.422 e. The number of hydrogen-bond donors (Lipinski definition) is 0. The standard InChI is InChI=1S/C18H27N3O6Si2/c1-18(2,3)14(10-15(26-28-4)27-29-5)16(20-19)17(22)25-11-12-6-8-13(9-7-12)21(23)24/h6-10,15H,11,28-29H2,1-5H3. The van der Waals surface area contributed by atoms with Gasteiger partial charge in [0, 0.05) is 12.1 Å². The molecule has 0 amide bonds. The summed E-state index contributed by atoms with van der Waals surface area (Å²) in [5, 5.41) is 10.7. The van der Waals surface area contributed by atoms with Gasteiger partial charge in [0.1, 0.15) is 6.61 Å². The van der Waals surface area contributed by atoms with Gasteiger partial charge in [0.2, 0.25) is 0 Å². The van der Waals surface area contributed by atoms with Gasteiger partial charge >= 0.3 is 11.7 Å². The van der Waals surface area contributed by atoms with E-state index in [-0.39, 0.29) is 18.0 Å². The average molecular weight is 438 g/mol. The summed E-state index contributed by atoms with van der Waals surface area (Å²) in [5.41, 5.74) is 9.70. The number of rotatable bonds is 10. The van der Waals surface area contributed by atoms with Crippen LogP contribution >= 0.6 is 0 Å². The molecule has 9 nitrogen and oxygen atoms in total. The van der Waals surface area contributed by atoms with Crippen LogP contribution < -0.4 is 0 Å². The molecular formula is C18H27N3O6Si2. The number of carbonyl (C=O) groups excluding carboxylic acids is 1. The van der Waals surface area contributed by atoms with Gasteiger partial charge in [-0.25, -0.2) is 4.79 Å². The zero-order valence-corrected chi connectivity index (χ0v) is 20.2. The molecule has 11 heteroatoms. The minimum Gasteiger partial charge on any atom is -0.452 e. The van der Waals surface area contributed by atoms with Crippen LogP contribution in [0.25, 0.3) is 5.53 Å². The van der Waals surface area contributed by atoms with Crippen LogP contribution in [0.15, 0.2) is 35.9 Å². The van der Waals surface area contributed by atoms with Gasteiger partial charge in [-0.1, -0.05) is 33.9 Å². The minimum absolute atomic E-state index is 0.0550. The number of benzene rings is 1. The Balaban J connectivity index is 3.03. The summed E-state index contributed by atoms with van der Waals surface area (Å²) in [6.07, 6.45) is 1.08. The summed E-state index contributed by atoms with van der Waals surface area (Å²) in [6, 6.07) is 5.65. The van der Waals surface area contributed by atoms with Gasteiger partial charge in [0.15, 0.2) is 25.8 Å². The van der Waals surface area contributed by atoms with E-state index in [2.05, 4.69) is 4.79 Å². The number of nitrogens with zero attached hydrogens (tertiary/aromatic N) is 3. The van der Waals surface area contributed by atoms with Crippen molar-refractivity contribution in [3.05, 3.63) is 57.1 Å². The van der Waals surface area contributed by atoms with Crippen LogP contribution in [0.1, 0.15) is 26.3 Å². The van der Waals surface area contributed by atoms with Crippen molar-refractivity contribution in [1.29, 1.82) is 0 Å². The van der Waals surface area contributed by atoms with Crippen molar-refractivity contribution in [2.24, 2.45) is 5.41 Å². The van der Waals surface area contributed by atoms with E-state index in [0.29, 0.717) is 11.1 Å². The molecule has 0 heterocycles. The van der Waals surface area contributed by atoms with Gasteiger partial charge in [0.25, 0.3) is 5.69 Å². The topological polar surface area (TPSA) is 124 Å². The summed E-state index contributed by atoms with van der Waals surface area (Å²) in [5.74, 6) is -0.812. The molecule has 1 aromatic carbocycles. The van der Waals surface area contributed by atoms with Crippen LogP contribution in [0.4, 0.5) is 5.69 Å². The zero-order chi connectivity index (χ0) is 22.0. The number of hydrogen-bond acceptors (Lipinski definition) is 6. The van der Waals surface area contributed by atoms with Crippen LogP contribution in [-0.2, 0) is 25.0 Å². The van der Waals surface area contributed by atoms with E-state index in [1.165, 1.54) is 24.3 Å². The first kappa shape index (κ1) is 24.6. The highest BCUT2D eigenvalue weighted by Gasteiger charge is 2.36. The molecule has 0 unspecified atom stereocenters. The van der Waals surface area contributed by atoms with Gasteiger partial charge in [-0.3, -0.25) is 10.1 Å². The molecule has 0 saturated carbocycles. The Morgan fingerprint density at radius 3 is 2.21 bits per heavy atom. The van der Waals surface area contributed by atoms with Crippen molar-refractivity contribution in [3.63, 3.8) is 0 Å². The highest BCUT2D eigenvalue weighted by atomic mass is 28.2. The van der Waals surface area contributed by atoms with Crippen molar-refractivity contribution in [2.45, 2.75) is 46.8 Å². The third kappa shape index (κ3) is 7.83. The lowest BCUT2D eigenvalue weighted by Crippen LogP contribution is -2.30. The fraction of sp³-hybridized carbons (Fsp3) is 0.444. The fourth-order valence-corrected chi connectivity index (χ4v) is 3.66. The molecule has 1 aromatic rings. The number of non-ortho nitro benzene ring substituents is 1. The average Bonchev–Trinajstić information content (AvgIpc) is 2.66. The second-order valence-corrected chi connectivity index (χ2v) is 8.88. The molecule has 0 radical (unpaired) electrons. The van der Waals surface area contributed by atoms with Gasteiger partial charge in [0.05, 0.1) is 10.5 Å². The molecule has 0 bridgehead atoms. The maximum atomic E-state index is 12.6. The van der Waals surface area contributed by atoms with E-state index >= 15 is 0 Å². The molecule has 29 heavy (non-hydrogen) atoms. The molecule has 0 N–H and O–H groups in total. The molecule has 0 aromatic heterocycles. The molecule has 0 aliphatic heterocycles.